The molecule has 0 unspecified atom stereocenters. The molecule has 0 radical (unpaired) electrons. The van der Waals surface area contributed by atoms with Gasteiger partial charge in [0.1, 0.15) is 0 Å². The average molecular weight is 244 g/mol. The highest BCUT2D eigenvalue weighted by molar-refractivity contribution is 5.78. The molecule has 0 saturated carbocycles. The van der Waals surface area contributed by atoms with Gasteiger partial charge in [0.2, 0.25) is 5.91 Å². The van der Waals surface area contributed by atoms with Crippen molar-refractivity contribution in [1.82, 2.24) is 10.6 Å². The molecule has 0 saturated heterocycles. The molecule has 0 heterocycles. The number of carboxylic acids is 1. The molecule has 0 aliphatic carbocycles. The van der Waals surface area contributed by atoms with Crippen molar-refractivity contribution >= 4 is 11.9 Å². The number of rotatable bonds is 8. The predicted molar refractivity (Wildman–Crippen MR) is 66.9 cm³/mol. The number of unbranched alkanes of at least 4 members (excludes halogenated alkanes) is 2. The molecule has 0 aliphatic heterocycles. The number of amides is 1. The van der Waals surface area contributed by atoms with Crippen molar-refractivity contribution in [3.63, 3.8) is 0 Å². The van der Waals surface area contributed by atoms with Gasteiger partial charge in [0, 0.05) is 18.5 Å². The fourth-order valence-electron chi connectivity index (χ4n) is 1.21. The molecule has 0 spiro atoms. The Balaban J connectivity index is 3.37. The van der Waals surface area contributed by atoms with Crippen molar-refractivity contribution in [2.45, 2.75) is 52.0 Å². The van der Waals surface area contributed by atoms with Crippen LogP contribution in [0.2, 0.25) is 0 Å². The summed E-state index contributed by atoms with van der Waals surface area (Å²) in [5.41, 5.74) is -0.0567. The number of carboxylic acid groups (broad SMARTS) is 1. The summed E-state index contributed by atoms with van der Waals surface area (Å²) in [6.45, 7) is 6.95. The number of carbonyl (C=O) groups excluding carboxylic acids is 1. The zero-order valence-electron chi connectivity index (χ0n) is 11.0. The SMILES string of the molecule is CC(C)(C)NCC(=O)NCCCCCC(=O)O. The number of hydrogen-bond donors (Lipinski definition) is 3. The molecule has 5 nitrogen and oxygen atoms in total. The predicted octanol–water partition coefficient (Wildman–Crippen LogP) is 1.14. The molecule has 0 aliphatic rings. The van der Waals surface area contributed by atoms with E-state index in [-0.39, 0.29) is 17.9 Å². The van der Waals surface area contributed by atoms with Crippen LogP contribution in [0, 0.1) is 0 Å². The summed E-state index contributed by atoms with van der Waals surface area (Å²) in [5, 5.41) is 14.3. The van der Waals surface area contributed by atoms with Crippen LogP contribution in [0.1, 0.15) is 46.5 Å². The highest BCUT2D eigenvalue weighted by Crippen LogP contribution is 1.99. The Labute approximate surface area is 103 Å². The van der Waals surface area contributed by atoms with Gasteiger partial charge in [-0.25, -0.2) is 0 Å². The standard InChI is InChI=1S/C12H24N2O3/c1-12(2,3)14-9-10(15)13-8-6-4-5-7-11(16)17/h14H,4-9H2,1-3H3,(H,13,15)(H,16,17). The van der Waals surface area contributed by atoms with Gasteiger partial charge < -0.3 is 15.7 Å². The topological polar surface area (TPSA) is 78.4 Å². The number of hydrogen-bond acceptors (Lipinski definition) is 3. The number of nitrogens with one attached hydrogen (secondary N) is 2. The van der Waals surface area contributed by atoms with E-state index in [0.29, 0.717) is 19.5 Å². The van der Waals surface area contributed by atoms with E-state index in [1.54, 1.807) is 0 Å². The van der Waals surface area contributed by atoms with Crippen LogP contribution in [0.3, 0.4) is 0 Å². The molecular formula is C12H24N2O3. The van der Waals surface area contributed by atoms with E-state index in [0.717, 1.165) is 12.8 Å². The van der Waals surface area contributed by atoms with Crippen LogP contribution < -0.4 is 10.6 Å². The fraction of sp³-hybridized carbons (Fsp3) is 0.833. The van der Waals surface area contributed by atoms with Gasteiger partial charge in [-0.15, -0.1) is 0 Å². The second-order valence-corrected chi connectivity index (χ2v) is 5.16. The summed E-state index contributed by atoms with van der Waals surface area (Å²) >= 11 is 0. The van der Waals surface area contributed by atoms with Crippen molar-refractivity contribution < 1.29 is 14.7 Å². The fourth-order valence-corrected chi connectivity index (χ4v) is 1.21. The Hall–Kier alpha value is -1.10. The van der Waals surface area contributed by atoms with Gasteiger partial charge in [-0.1, -0.05) is 6.42 Å². The van der Waals surface area contributed by atoms with Gasteiger partial charge in [-0.3, -0.25) is 9.59 Å². The minimum atomic E-state index is -0.761. The van der Waals surface area contributed by atoms with Crippen molar-refractivity contribution in [1.29, 1.82) is 0 Å². The van der Waals surface area contributed by atoms with Gasteiger partial charge in [0.05, 0.1) is 6.54 Å². The molecule has 100 valence electrons. The first kappa shape index (κ1) is 15.9. The lowest BCUT2D eigenvalue weighted by atomic mass is 10.1. The lowest BCUT2D eigenvalue weighted by Crippen LogP contribution is -2.43. The normalized spacial score (nSPS) is 11.2. The highest BCUT2D eigenvalue weighted by atomic mass is 16.4. The van der Waals surface area contributed by atoms with E-state index in [4.69, 9.17) is 5.11 Å². The lowest BCUT2D eigenvalue weighted by molar-refractivity contribution is -0.137. The van der Waals surface area contributed by atoms with E-state index in [1.807, 2.05) is 20.8 Å². The molecule has 0 rings (SSSR count). The molecule has 0 aromatic heterocycles. The van der Waals surface area contributed by atoms with Crippen LogP contribution in [0.15, 0.2) is 0 Å². The van der Waals surface area contributed by atoms with Gasteiger partial charge in [0.25, 0.3) is 0 Å². The second kappa shape index (κ2) is 8.06. The average Bonchev–Trinajstić information content (AvgIpc) is 2.19. The summed E-state index contributed by atoms with van der Waals surface area (Å²) < 4.78 is 0. The molecule has 0 fully saturated rings. The molecular weight excluding hydrogens is 220 g/mol. The third kappa shape index (κ3) is 12.8. The maximum absolute atomic E-state index is 11.4. The monoisotopic (exact) mass is 244 g/mol. The second-order valence-electron chi connectivity index (χ2n) is 5.16. The molecule has 0 bridgehead atoms. The van der Waals surface area contributed by atoms with Crippen LogP contribution in [-0.4, -0.2) is 35.6 Å². The van der Waals surface area contributed by atoms with E-state index < -0.39 is 5.97 Å². The number of aliphatic carboxylic acids is 1. The molecule has 0 aromatic rings. The Morgan fingerprint density at radius 3 is 2.29 bits per heavy atom. The maximum atomic E-state index is 11.4. The van der Waals surface area contributed by atoms with Gasteiger partial charge in [0.15, 0.2) is 0 Å². The van der Waals surface area contributed by atoms with Crippen LogP contribution in [0.4, 0.5) is 0 Å². The van der Waals surface area contributed by atoms with Crippen molar-refractivity contribution in [3.8, 4) is 0 Å². The molecule has 3 N–H and O–H groups in total. The Morgan fingerprint density at radius 1 is 1.12 bits per heavy atom. The van der Waals surface area contributed by atoms with Crippen LogP contribution >= 0.6 is 0 Å². The summed E-state index contributed by atoms with van der Waals surface area (Å²) in [4.78, 5) is 21.6. The minimum Gasteiger partial charge on any atom is -0.481 e. The van der Waals surface area contributed by atoms with E-state index in [1.165, 1.54) is 0 Å². The molecule has 1 amide bonds. The molecule has 5 heteroatoms. The first-order chi connectivity index (χ1) is 7.81. The molecule has 0 atom stereocenters. The van der Waals surface area contributed by atoms with Gasteiger partial charge in [-0.2, -0.15) is 0 Å². The zero-order chi connectivity index (χ0) is 13.3. The Bertz CT molecular complexity index is 247. The van der Waals surface area contributed by atoms with Crippen molar-refractivity contribution in [2.75, 3.05) is 13.1 Å². The number of carbonyl (C=O) groups is 2. The van der Waals surface area contributed by atoms with Crippen molar-refractivity contribution in [3.05, 3.63) is 0 Å². The summed E-state index contributed by atoms with van der Waals surface area (Å²) in [6, 6.07) is 0. The van der Waals surface area contributed by atoms with E-state index in [9.17, 15) is 9.59 Å². The third-order valence-corrected chi connectivity index (χ3v) is 2.17. The third-order valence-electron chi connectivity index (χ3n) is 2.17. The summed E-state index contributed by atoms with van der Waals surface area (Å²) in [6.07, 6.45) is 2.54. The van der Waals surface area contributed by atoms with Crippen molar-refractivity contribution in [2.24, 2.45) is 0 Å². The minimum absolute atomic E-state index is 0.0156. The first-order valence-corrected chi connectivity index (χ1v) is 6.05. The lowest BCUT2D eigenvalue weighted by Gasteiger charge is -2.19. The largest absolute Gasteiger partial charge is 0.481 e. The maximum Gasteiger partial charge on any atom is 0.303 e. The zero-order valence-corrected chi connectivity index (χ0v) is 11.0. The van der Waals surface area contributed by atoms with E-state index in [2.05, 4.69) is 10.6 Å². The van der Waals surface area contributed by atoms with Crippen LogP contribution in [0.5, 0.6) is 0 Å². The van der Waals surface area contributed by atoms with Gasteiger partial charge in [-0.05, 0) is 33.6 Å². The quantitative estimate of drug-likeness (QED) is 0.559. The Morgan fingerprint density at radius 2 is 1.76 bits per heavy atom. The Kier molecular flexibility index (Phi) is 7.54. The first-order valence-electron chi connectivity index (χ1n) is 6.05. The van der Waals surface area contributed by atoms with Crippen LogP contribution in [0.25, 0.3) is 0 Å². The summed E-state index contributed by atoms with van der Waals surface area (Å²) in [7, 11) is 0. The summed E-state index contributed by atoms with van der Waals surface area (Å²) in [5.74, 6) is -0.776. The van der Waals surface area contributed by atoms with E-state index >= 15 is 0 Å². The van der Waals surface area contributed by atoms with Gasteiger partial charge >= 0.3 is 5.97 Å². The highest BCUT2D eigenvalue weighted by Gasteiger charge is 2.10. The molecule has 0 aromatic carbocycles. The van der Waals surface area contributed by atoms with Crippen LogP contribution in [-0.2, 0) is 9.59 Å². The molecule has 17 heavy (non-hydrogen) atoms. The smallest absolute Gasteiger partial charge is 0.303 e.